The van der Waals surface area contributed by atoms with Crippen molar-refractivity contribution in [3.05, 3.63) is 41.2 Å². The Morgan fingerprint density at radius 3 is 2.84 bits per heavy atom. The zero-order chi connectivity index (χ0) is 25.8. The van der Waals surface area contributed by atoms with Gasteiger partial charge in [0.2, 0.25) is 11.8 Å². The monoisotopic (exact) mass is 535 g/mol. The smallest absolute Gasteiger partial charge is 0.244 e. The highest BCUT2D eigenvalue weighted by molar-refractivity contribution is 7.19. The van der Waals surface area contributed by atoms with Gasteiger partial charge < -0.3 is 24.8 Å². The van der Waals surface area contributed by atoms with Crippen molar-refractivity contribution in [3.8, 4) is 11.4 Å². The number of ether oxygens (including phenoxy) is 1. The lowest BCUT2D eigenvalue weighted by Gasteiger charge is -2.42. The van der Waals surface area contributed by atoms with E-state index >= 15 is 4.39 Å². The number of carbonyl (C=O) groups is 2. The molecule has 196 valence electrons. The molecule has 2 amide bonds. The Kier molecular flexibility index (Phi) is 5.75. The van der Waals surface area contributed by atoms with Crippen LogP contribution in [0.15, 0.2) is 30.5 Å². The number of nitrogens with zero attached hydrogens (tertiary/aromatic N) is 5. The molecule has 3 aliphatic rings. The van der Waals surface area contributed by atoms with E-state index in [0.717, 1.165) is 31.8 Å². The third kappa shape index (κ3) is 3.99. The normalized spacial score (nSPS) is 20.8. The number of H-pyrrole nitrogens is 1. The van der Waals surface area contributed by atoms with Crippen molar-refractivity contribution >= 4 is 50.1 Å². The number of piperazine rings is 2. The fourth-order valence-electron chi connectivity index (χ4n) is 5.59. The molecule has 3 saturated heterocycles. The number of benzene rings is 1. The van der Waals surface area contributed by atoms with Gasteiger partial charge in [-0.25, -0.2) is 14.4 Å². The lowest BCUT2D eigenvalue weighted by atomic mass is 10.1. The van der Waals surface area contributed by atoms with Gasteiger partial charge in [0.15, 0.2) is 11.6 Å². The summed E-state index contributed by atoms with van der Waals surface area (Å²) in [5, 5.41) is 3.44. The van der Waals surface area contributed by atoms with Crippen LogP contribution in [0.4, 0.5) is 10.2 Å². The van der Waals surface area contributed by atoms with Gasteiger partial charge in [-0.3, -0.25) is 14.5 Å². The Balaban J connectivity index is 1.26. The topological polar surface area (TPSA) is 107 Å². The summed E-state index contributed by atoms with van der Waals surface area (Å²) in [5.41, 5.74) is 1.98. The van der Waals surface area contributed by atoms with Crippen molar-refractivity contribution in [1.82, 2.24) is 30.1 Å². The van der Waals surface area contributed by atoms with E-state index in [-0.39, 0.29) is 24.2 Å². The number of morpholine rings is 1. The number of carbonyl (C=O) groups excluding carboxylic acids is 2. The predicted molar refractivity (Wildman–Crippen MR) is 141 cm³/mol. The van der Waals surface area contributed by atoms with Crippen LogP contribution in [0.2, 0.25) is 0 Å². The van der Waals surface area contributed by atoms with Crippen LogP contribution >= 0.6 is 11.3 Å². The highest BCUT2D eigenvalue weighted by atomic mass is 32.1. The molecule has 6 heterocycles. The van der Waals surface area contributed by atoms with E-state index in [9.17, 15) is 9.59 Å². The molecule has 38 heavy (non-hydrogen) atoms. The molecule has 3 aromatic heterocycles. The van der Waals surface area contributed by atoms with E-state index in [4.69, 9.17) is 14.7 Å². The standard InChI is InChI=1S/C26H26FN7O3S/c27-17-1-2-18-16(3-4-28-18)22(17)24-30-19-11-15(38-23(19)25(31-24)33-7-9-37-10-8-33)13-32-5-6-34-20(14-32)26(36)29-12-21(34)35/h1-4,11,20,28H,5-10,12-14H2,(H,29,36)/t20-/m1/s1. The van der Waals surface area contributed by atoms with Crippen LogP contribution in [0, 0.1) is 5.82 Å². The number of nitrogens with one attached hydrogen (secondary N) is 2. The first-order chi connectivity index (χ1) is 18.5. The molecule has 4 aromatic rings. The number of amides is 2. The highest BCUT2D eigenvalue weighted by Crippen LogP contribution is 2.37. The SMILES string of the molecule is O=C1NCC(=O)N2CCN(Cc3cc4nc(-c5c(F)ccc6[nH]ccc56)nc(N5CCOCC5)c4s3)C[C@H]12. The minimum atomic E-state index is -0.459. The molecule has 10 nitrogen and oxygen atoms in total. The third-order valence-electron chi connectivity index (χ3n) is 7.50. The summed E-state index contributed by atoms with van der Waals surface area (Å²) in [5.74, 6) is 0.657. The summed E-state index contributed by atoms with van der Waals surface area (Å²) in [4.78, 5) is 44.7. The summed E-state index contributed by atoms with van der Waals surface area (Å²) in [6, 6.07) is 6.60. The highest BCUT2D eigenvalue weighted by Gasteiger charge is 2.38. The molecular formula is C26H26FN7O3S. The molecule has 0 radical (unpaired) electrons. The molecule has 0 unspecified atom stereocenters. The van der Waals surface area contributed by atoms with E-state index < -0.39 is 6.04 Å². The second kappa shape index (κ2) is 9.29. The quantitative estimate of drug-likeness (QED) is 0.412. The van der Waals surface area contributed by atoms with Gasteiger partial charge >= 0.3 is 0 Å². The van der Waals surface area contributed by atoms with Crippen LogP contribution in [0.3, 0.4) is 0 Å². The number of fused-ring (bicyclic) bond motifs is 3. The maximum absolute atomic E-state index is 15.2. The van der Waals surface area contributed by atoms with Gasteiger partial charge in [-0.2, -0.15) is 0 Å². The Labute approximate surface area is 221 Å². The van der Waals surface area contributed by atoms with Crippen LogP contribution in [0.1, 0.15) is 4.88 Å². The molecule has 1 atom stereocenters. The summed E-state index contributed by atoms with van der Waals surface area (Å²) in [6.07, 6.45) is 1.79. The number of thiophene rings is 1. The Morgan fingerprint density at radius 1 is 1.11 bits per heavy atom. The van der Waals surface area contributed by atoms with E-state index in [1.807, 2.05) is 12.1 Å². The van der Waals surface area contributed by atoms with Crippen molar-refractivity contribution in [3.63, 3.8) is 0 Å². The molecule has 1 aromatic carbocycles. The maximum Gasteiger partial charge on any atom is 0.244 e. The first-order valence-electron chi connectivity index (χ1n) is 12.7. The zero-order valence-corrected chi connectivity index (χ0v) is 21.4. The van der Waals surface area contributed by atoms with E-state index in [1.54, 1.807) is 28.5 Å². The van der Waals surface area contributed by atoms with Crippen LogP contribution in [0.5, 0.6) is 0 Å². The number of halogens is 1. The fourth-order valence-corrected chi connectivity index (χ4v) is 6.74. The van der Waals surface area contributed by atoms with Crippen molar-refractivity contribution in [1.29, 1.82) is 0 Å². The molecule has 0 bridgehead atoms. The summed E-state index contributed by atoms with van der Waals surface area (Å²) < 4.78 is 21.7. The van der Waals surface area contributed by atoms with Gasteiger partial charge in [0.05, 0.1) is 35.5 Å². The van der Waals surface area contributed by atoms with Crippen molar-refractivity contribution in [2.75, 3.05) is 57.4 Å². The van der Waals surface area contributed by atoms with Gasteiger partial charge in [-0.15, -0.1) is 11.3 Å². The number of aromatic nitrogens is 3. The molecule has 7 rings (SSSR count). The van der Waals surface area contributed by atoms with Gasteiger partial charge in [-0.1, -0.05) is 0 Å². The van der Waals surface area contributed by atoms with Crippen LogP contribution in [-0.2, 0) is 20.9 Å². The third-order valence-corrected chi connectivity index (χ3v) is 8.61. The second-order valence-corrected chi connectivity index (χ2v) is 11.0. The number of rotatable bonds is 4. The van der Waals surface area contributed by atoms with Crippen LogP contribution < -0.4 is 10.2 Å². The van der Waals surface area contributed by atoms with Crippen LogP contribution in [-0.4, -0.2) is 95.1 Å². The summed E-state index contributed by atoms with van der Waals surface area (Å²) >= 11 is 1.63. The van der Waals surface area contributed by atoms with Crippen molar-refractivity contribution in [2.45, 2.75) is 12.6 Å². The molecule has 0 spiro atoms. The van der Waals surface area contributed by atoms with E-state index in [0.29, 0.717) is 63.9 Å². The minimum absolute atomic E-state index is 0.0289. The largest absolute Gasteiger partial charge is 0.378 e. The van der Waals surface area contributed by atoms with E-state index in [1.165, 1.54) is 6.07 Å². The Morgan fingerprint density at radius 2 is 1.97 bits per heavy atom. The van der Waals surface area contributed by atoms with Gasteiger partial charge in [0.25, 0.3) is 0 Å². The first-order valence-corrected chi connectivity index (χ1v) is 13.6. The second-order valence-electron chi connectivity index (χ2n) is 9.81. The van der Waals surface area contributed by atoms with Crippen molar-refractivity contribution < 1.29 is 18.7 Å². The molecule has 12 heteroatoms. The number of anilines is 1. The number of hydrogen-bond acceptors (Lipinski definition) is 8. The van der Waals surface area contributed by atoms with Gasteiger partial charge in [-0.05, 0) is 24.3 Å². The number of aromatic amines is 1. The lowest BCUT2D eigenvalue weighted by Crippen LogP contribution is -2.65. The Hall–Kier alpha value is -3.61. The first kappa shape index (κ1) is 23.5. The Bertz CT molecular complexity index is 1560. The van der Waals surface area contributed by atoms with Gasteiger partial charge in [0.1, 0.15) is 11.9 Å². The van der Waals surface area contributed by atoms with Crippen LogP contribution in [0.25, 0.3) is 32.5 Å². The lowest BCUT2D eigenvalue weighted by molar-refractivity contribution is -0.149. The average Bonchev–Trinajstić information content (AvgIpc) is 3.57. The summed E-state index contributed by atoms with van der Waals surface area (Å²) in [7, 11) is 0. The average molecular weight is 536 g/mol. The predicted octanol–water partition coefficient (Wildman–Crippen LogP) is 1.96. The molecule has 3 fully saturated rings. The molecule has 0 saturated carbocycles. The summed E-state index contributed by atoms with van der Waals surface area (Å²) in [6.45, 7) is 5.02. The molecule has 2 N–H and O–H groups in total. The molecular weight excluding hydrogens is 509 g/mol. The van der Waals surface area contributed by atoms with Gasteiger partial charge in [0, 0.05) is 61.2 Å². The fraction of sp³-hybridized carbons (Fsp3) is 0.385. The maximum atomic E-state index is 15.2. The molecule has 3 aliphatic heterocycles. The zero-order valence-electron chi connectivity index (χ0n) is 20.6. The van der Waals surface area contributed by atoms with Crippen molar-refractivity contribution in [2.24, 2.45) is 0 Å². The number of hydrogen-bond donors (Lipinski definition) is 2. The minimum Gasteiger partial charge on any atom is -0.378 e. The van der Waals surface area contributed by atoms with E-state index in [2.05, 4.69) is 20.1 Å². The molecule has 0 aliphatic carbocycles.